The summed E-state index contributed by atoms with van der Waals surface area (Å²) in [4.78, 5) is 26.5. The maximum absolute atomic E-state index is 11.7. The van der Waals surface area contributed by atoms with Gasteiger partial charge in [0.05, 0.1) is 11.4 Å². The van der Waals surface area contributed by atoms with E-state index >= 15 is 0 Å². The van der Waals surface area contributed by atoms with Crippen molar-refractivity contribution in [3.05, 3.63) is 54.4 Å². The Hall–Kier alpha value is -3.20. The number of pyridine rings is 1. The fraction of sp³-hybridized carbons (Fsp3) is 0.118. The molecule has 0 radical (unpaired) electrons. The molecule has 3 N–H and O–H groups in total. The van der Waals surface area contributed by atoms with Crippen LogP contribution in [0.3, 0.4) is 0 Å². The number of benzene rings is 1. The van der Waals surface area contributed by atoms with Crippen LogP contribution in [0.15, 0.2) is 53.9 Å². The predicted octanol–water partition coefficient (Wildman–Crippen LogP) is 1.92. The van der Waals surface area contributed by atoms with E-state index in [2.05, 4.69) is 15.2 Å². The molecule has 0 saturated carbocycles. The summed E-state index contributed by atoms with van der Waals surface area (Å²) >= 11 is 1.17. The van der Waals surface area contributed by atoms with Gasteiger partial charge in [0.2, 0.25) is 5.91 Å². The monoisotopic (exact) mass is 368 g/mol. The van der Waals surface area contributed by atoms with Crippen LogP contribution in [-0.2, 0) is 4.79 Å². The minimum Gasteiger partial charge on any atom is -0.351 e. The van der Waals surface area contributed by atoms with Crippen LogP contribution in [0.25, 0.3) is 17.1 Å². The van der Waals surface area contributed by atoms with Gasteiger partial charge in [0.25, 0.3) is 0 Å². The van der Waals surface area contributed by atoms with Gasteiger partial charge in [-0.05, 0) is 30.7 Å². The van der Waals surface area contributed by atoms with E-state index in [0.29, 0.717) is 11.0 Å². The summed E-state index contributed by atoms with van der Waals surface area (Å²) in [5.41, 5.74) is 7.75. The molecule has 0 spiro atoms. The number of aryl methyl sites for hydroxylation is 1. The molecule has 0 bridgehead atoms. The Morgan fingerprint density at radius 1 is 1.15 bits per heavy atom. The van der Waals surface area contributed by atoms with Crippen molar-refractivity contribution in [2.75, 3.05) is 5.75 Å². The third-order valence-corrected chi connectivity index (χ3v) is 4.45. The van der Waals surface area contributed by atoms with E-state index in [9.17, 15) is 9.59 Å². The van der Waals surface area contributed by atoms with Gasteiger partial charge in [-0.15, -0.1) is 10.2 Å². The molecular weight excluding hydrogens is 352 g/mol. The standard InChI is InChI=1S/C17H16N6O2S/c1-11-4-2-3-5-13(11)23-15(12-6-8-19-9-7-12)21-22-17(23)26-10-14(24)20-16(18)25/h2-9H,10H2,1H3,(H3,18,20,24,25). The number of carbonyl (C=O) groups excluding carboxylic acids is 2. The molecule has 0 aliphatic carbocycles. The second kappa shape index (κ2) is 7.79. The lowest BCUT2D eigenvalue weighted by molar-refractivity contribution is -0.117. The van der Waals surface area contributed by atoms with Crippen molar-refractivity contribution in [2.24, 2.45) is 5.73 Å². The van der Waals surface area contributed by atoms with Gasteiger partial charge in [-0.3, -0.25) is 19.7 Å². The SMILES string of the molecule is Cc1ccccc1-n1c(SCC(=O)NC(N)=O)nnc1-c1ccncc1. The number of amides is 3. The highest BCUT2D eigenvalue weighted by molar-refractivity contribution is 7.99. The van der Waals surface area contributed by atoms with Crippen molar-refractivity contribution < 1.29 is 9.59 Å². The van der Waals surface area contributed by atoms with E-state index in [1.807, 2.05) is 53.2 Å². The molecule has 2 heterocycles. The topological polar surface area (TPSA) is 116 Å². The zero-order valence-corrected chi connectivity index (χ0v) is 14.7. The van der Waals surface area contributed by atoms with Crippen molar-refractivity contribution in [3.63, 3.8) is 0 Å². The van der Waals surface area contributed by atoms with Crippen molar-refractivity contribution in [3.8, 4) is 17.1 Å². The summed E-state index contributed by atoms with van der Waals surface area (Å²) in [5.74, 6) is 0.135. The lowest BCUT2D eigenvalue weighted by atomic mass is 10.2. The fourth-order valence-corrected chi connectivity index (χ4v) is 3.13. The number of nitrogens with two attached hydrogens (primary N) is 1. The molecule has 0 unspecified atom stereocenters. The number of carbonyl (C=O) groups is 2. The lowest BCUT2D eigenvalue weighted by Crippen LogP contribution is -2.36. The average molecular weight is 368 g/mol. The molecule has 132 valence electrons. The quantitative estimate of drug-likeness (QED) is 0.665. The molecule has 26 heavy (non-hydrogen) atoms. The van der Waals surface area contributed by atoms with Crippen molar-refractivity contribution in [1.29, 1.82) is 0 Å². The van der Waals surface area contributed by atoms with E-state index < -0.39 is 11.9 Å². The van der Waals surface area contributed by atoms with E-state index in [1.165, 1.54) is 11.8 Å². The molecule has 8 nitrogen and oxygen atoms in total. The number of thioether (sulfide) groups is 1. The van der Waals surface area contributed by atoms with E-state index in [1.54, 1.807) is 12.4 Å². The van der Waals surface area contributed by atoms with Crippen molar-refractivity contribution >= 4 is 23.7 Å². The highest BCUT2D eigenvalue weighted by Crippen LogP contribution is 2.29. The number of nitrogens with one attached hydrogen (secondary N) is 1. The summed E-state index contributed by atoms with van der Waals surface area (Å²) in [6.07, 6.45) is 3.36. The van der Waals surface area contributed by atoms with Gasteiger partial charge in [0, 0.05) is 18.0 Å². The van der Waals surface area contributed by atoms with Gasteiger partial charge in [0.1, 0.15) is 0 Å². The Morgan fingerprint density at radius 3 is 2.58 bits per heavy atom. The highest BCUT2D eigenvalue weighted by atomic mass is 32.2. The van der Waals surface area contributed by atoms with Crippen LogP contribution >= 0.6 is 11.8 Å². The second-order valence-electron chi connectivity index (χ2n) is 5.37. The molecule has 2 aromatic heterocycles. The molecule has 0 atom stereocenters. The van der Waals surface area contributed by atoms with Crippen LogP contribution in [0.4, 0.5) is 4.79 Å². The Balaban J connectivity index is 2.00. The van der Waals surface area contributed by atoms with E-state index in [4.69, 9.17) is 5.73 Å². The molecule has 3 amide bonds. The van der Waals surface area contributed by atoms with Crippen LogP contribution < -0.4 is 11.1 Å². The number of hydrogen-bond acceptors (Lipinski definition) is 6. The van der Waals surface area contributed by atoms with Gasteiger partial charge >= 0.3 is 6.03 Å². The van der Waals surface area contributed by atoms with Crippen molar-refractivity contribution in [2.45, 2.75) is 12.1 Å². The number of primary amides is 1. The average Bonchev–Trinajstić information content (AvgIpc) is 3.04. The largest absolute Gasteiger partial charge is 0.351 e. The Kier molecular flexibility index (Phi) is 5.28. The maximum atomic E-state index is 11.7. The number of para-hydroxylation sites is 1. The molecule has 0 saturated heterocycles. The number of imide groups is 1. The van der Waals surface area contributed by atoms with Gasteiger partial charge in [-0.2, -0.15) is 0 Å². The molecular formula is C17H16N6O2S. The minimum absolute atomic E-state index is 0.0106. The van der Waals surface area contributed by atoms with Gasteiger partial charge in [0.15, 0.2) is 11.0 Å². The van der Waals surface area contributed by atoms with Gasteiger partial charge in [-0.1, -0.05) is 30.0 Å². The molecule has 0 aliphatic rings. The first-order valence-corrected chi connectivity index (χ1v) is 8.68. The lowest BCUT2D eigenvalue weighted by Gasteiger charge is -2.12. The van der Waals surface area contributed by atoms with Crippen LogP contribution in [-0.4, -0.2) is 37.4 Å². The number of urea groups is 1. The van der Waals surface area contributed by atoms with Crippen LogP contribution in [0.5, 0.6) is 0 Å². The summed E-state index contributed by atoms with van der Waals surface area (Å²) in [7, 11) is 0. The third-order valence-electron chi connectivity index (χ3n) is 3.52. The van der Waals surface area contributed by atoms with Gasteiger partial charge in [-0.25, -0.2) is 4.79 Å². The molecule has 3 rings (SSSR count). The Bertz CT molecular complexity index is 941. The zero-order chi connectivity index (χ0) is 18.5. The number of hydrogen-bond donors (Lipinski definition) is 2. The third kappa shape index (κ3) is 3.89. The Labute approximate surface area is 153 Å². The maximum Gasteiger partial charge on any atom is 0.318 e. The van der Waals surface area contributed by atoms with Crippen LogP contribution in [0.1, 0.15) is 5.56 Å². The molecule has 1 aromatic carbocycles. The number of aromatic nitrogens is 4. The molecule has 0 aliphatic heterocycles. The smallest absolute Gasteiger partial charge is 0.318 e. The van der Waals surface area contributed by atoms with Crippen molar-refractivity contribution in [1.82, 2.24) is 25.1 Å². The summed E-state index contributed by atoms with van der Waals surface area (Å²) in [5, 5.41) is 11.1. The molecule has 0 fully saturated rings. The van der Waals surface area contributed by atoms with E-state index in [-0.39, 0.29) is 5.75 Å². The molecule has 9 heteroatoms. The summed E-state index contributed by atoms with van der Waals surface area (Å²) in [6.45, 7) is 1.99. The number of rotatable bonds is 5. The van der Waals surface area contributed by atoms with E-state index in [0.717, 1.165) is 16.8 Å². The normalized spacial score (nSPS) is 10.5. The zero-order valence-electron chi connectivity index (χ0n) is 13.9. The van der Waals surface area contributed by atoms with Crippen LogP contribution in [0.2, 0.25) is 0 Å². The Morgan fingerprint density at radius 2 is 1.88 bits per heavy atom. The van der Waals surface area contributed by atoms with Crippen LogP contribution in [0, 0.1) is 6.92 Å². The first kappa shape index (κ1) is 17.6. The minimum atomic E-state index is -0.881. The summed E-state index contributed by atoms with van der Waals surface area (Å²) in [6, 6.07) is 10.6. The fourth-order valence-electron chi connectivity index (χ4n) is 2.39. The first-order chi connectivity index (χ1) is 12.6. The second-order valence-corrected chi connectivity index (χ2v) is 6.31. The summed E-state index contributed by atoms with van der Waals surface area (Å²) < 4.78 is 1.88. The molecule has 3 aromatic rings. The first-order valence-electron chi connectivity index (χ1n) is 7.70. The van der Waals surface area contributed by atoms with Gasteiger partial charge < -0.3 is 5.73 Å². The predicted molar refractivity (Wildman–Crippen MR) is 97.8 cm³/mol. The highest BCUT2D eigenvalue weighted by Gasteiger charge is 2.18. The number of nitrogens with zero attached hydrogens (tertiary/aromatic N) is 4.